The quantitative estimate of drug-likeness (QED) is 0.855. The lowest BCUT2D eigenvalue weighted by Crippen LogP contribution is -2.51. The minimum atomic E-state index is -0.975. The van der Waals surface area contributed by atoms with Crippen molar-refractivity contribution in [3.63, 3.8) is 0 Å². The number of hydrogen-bond donors (Lipinski definition) is 1. The number of likely N-dealkylation sites (tertiary alicyclic amines) is 1. The number of carbonyl (C=O) groups is 2. The predicted octanol–water partition coefficient (Wildman–Crippen LogP) is 2.67. The van der Waals surface area contributed by atoms with E-state index >= 15 is 0 Å². The molecule has 1 aliphatic carbocycles. The van der Waals surface area contributed by atoms with Gasteiger partial charge in [0.15, 0.2) is 0 Å². The molecular weight excluding hydrogens is 242 g/mol. The van der Waals surface area contributed by atoms with Gasteiger partial charge in [-0.05, 0) is 44.4 Å². The van der Waals surface area contributed by atoms with Gasteiger partial charge in [-0.3, -0.25) is 4.79 Å². The summed E-state index contributed by atoms with van der Waals surface area (Å²) in [7, 11) is 0. The van der Waals surface area contributed by atoms with Crippen molar-refractivity contribution in [3.05, 3.63) is 0 Å². The van der Waals surface area contributed by atoms with Crippen LogP contribution in [0.4, 0.5) is 0 Å². The predicted molar refractivity (Wildman–Crippen MR) is 72.7 cm³/mol. The van der Waals surface area contributed by atoms with Crippen LogP contribution in [0, 0.1) is 11.8 Å². The molecule has 1 heterocycles. The maximum Gasteiger partial charge on any atom is 0.329 e. The van der Waals surface area contributed by atoms with Gasteiger partial charge in [0.25, 0.3) is 0 Å². The van der Waals surface area contributed by atoms with Gasteiger partial charge in [0, 0.05) is 13.0 Å². The summed E-state index contributed by atoms with van der Waals surface area (Å²) < 4.78 is 0. The molecule has 1 aliphatic heterocycles. The Hall–Kier alpha value is -1.06. The van der Waals surface area contributed by atoms with Gasteiger partial charge in [0.2, 0.25) is 5.91 Å². The maximum absolute atomic E-state index is 12.4. The minimum absolute atomic E-state index is 0.0431. The third kappa shape index (κ3) is 2.93. The molecule has 19 heavy (non-hydrogen) atoms. The highest BCUT2D eigenvalue weighted by Gasteiger charge is 2.46. The second-order valence-corrected chi connectivity index (χ2v) is 6.57. The molecule has 0 aromatic heterocycles. The smallest absolute Gasteiger partial charge is 0.329 e. The molecule has 4 heteroatoms. The SMILES string of the molecule is CC1CCCC(CC(=O)N2CCCC2(C)C(=O)O)C1. The van der Waals surface area contributed by atoms with Gasteiger partial charge in [-0.15, -0.1) is 0 Å². The molecule has 0 aromatic rings. The van der Waals surface area contributed by atoms with Crippen molar-refractivity contribution >= 4 is 11.9 Å². The molecular formula is C15H25NO3. The van der Waals surface area contributed by atoms with Crippen molar-refractivity contribution in [2.24, 2.45) is 11.8 Å². The number of hydrogen-bond acceptors (Lipinski definition) is 2. The van der Waals surface area contributed by atoms with Crippen LogP contribution in [0.25, 0.3) is 0 Å². The van der Waals surface area contributed by atoms with Crippen LogP contribution in [0.3, 0.4) is 0 Å². The highest BCUT2D eigenvalue weighted by atomic mass is 16.4. The molecule has 0 spiro atoms. The summed E-state index contributed by atoms with van der Waals surface area (Å²) in [5.41, 5.74) is -0.975. The molecule has 1 saturated carbocycles. The molecule has 1 N–H and O–H groups in total. The fourth-order valence-corrected chi connectivity index (χ4v) is 3.69. The lowest BCUT2D eigenvalue weighted by atomic mass is 9.80. The second-order valence-electron chi connectivity index (χ2n) is 6.57. The molecule has 0 radical (unpaired) electrons. The van der Waals surface area contributed by atoms with Crippen LogP contribution in [0.15, 0.2) is 0 Å². The van der Waals surface area contributed by atoms with Crippen molar-refractivity contribution in [3.8, 4) is 0 Å². The Kier molecular flexibility index (Phi) is 4.16. The lowest BCUT2D eigenvalue weighted by Gasteiger charge is -2.33. The first-order valence-corrected chi connectivity index (χ1v) is 7.47. The van der Waals surface area contributed by atoms with E-state index in [9.17, 15) is 14.7 Å². The van der Waals surface area contributed by atoms with Crippen LogP contribution in [0.1, 0.15) is 58.8 Å². The molecule has 2 fully saturated rings. The van der Waals surface area contributed by atoms with E-state index in [1.54, 1.807) is 11.8 Å². The Morgan fingerprint density at radius 3 is 2.68 bits per heavy atom. The first kappa shape index (κ1) is 14.4. The van der Waals surface area contributed by atoms with Gasteiger partial charge in [-0.2, -0.15) is 0 Å². The van der Waals surface area contributed by atoms with E-state index in [4.69, 9.17) is 0 Å². The Morgan fingerprint density at radius 2 is 2.05 bits per heavy atom. The average molecular weight is 267 g/mol. The topological polar surface area (TPSA) is 57.6 Å². The van der Waals surface area contributed by atoms with E-state index in [0.29, 0.717) is 31.2 Å². The zero-order valence-corrected chi connectivity index (χ0v) is 12.0. The molecule has 0 aromatic carbocycles. The number of carboxylic acids is 1. The molecule has 1 amide bonds. The third-order valence-electron chi connectivity index (χ3n) is 4.91. The monoisotopic (exact) mass is 267 g/mol. The van der Waals surface area contributed by atoms with Gasteiger partial charge >= 0.3 is 5.97 Å². The first-order valence-electron chi connectivity index (χ1n) is 7.47. The molecule has 4 nitrogen and oxygen atoms in total. The first-order chi connectivity index (χ1) is 8.93. The van der Waals surface area contributed by atoms with E-state index in [1.165, 1.54) is 12.8 Å². The van der Waals surface area contributed by atoms with Crippen LogP contribution in [0.2, 0.25) is 0 Å². The fourth-order valence-electron chi connectivity index (χ4n) is 3.69. The number of nitrogens with zero attached hydrogens (tertiary/aromatic N) is 1. The van der Waals surface area contributed by atoms with Crippen LogP contribution in [0.5, 0.6) is 0 Å². The Balaban J connectivity index is 1.97. The molecule has 3 unspecified atom stereocenters. The minimum Gasteiger partial charge on any atom is -0.480 e. The number of amides is 1. The van der Waals surface area contributed by atoms with Crippen molar-refractivity contribution in [1.29, 1.82) is 0 Å². The summed E-state index contributed by atoms with van der Waals surface area (Å²) in [5, 5.41) is 9.35. The van der Waals surface area contributed by atoms with E-state index in [1.807, 2.05) is 0 Å². The Morgan fingerprint density at radius 1 is 1.32 bits per heavy atom. The molecule has 0 bridgehead atoms. The number of carbonyl (C=O) groups excluding carboxylic acids is 1. The highest BCUT2D eigenvalue weighted by molar-refractivity contribution is 5.87. The second kappa shape index (κ2) is 5.51. The van der Waals surface area contributed by atoms with Crippen molar-refractivity contribution in [1.82, 2.24) is 4.90 Å². The zero-order valence-electron chi connectivity index (χ0n) is 12.0. The van der Waals surface area contributed by atoms with Gasteiger partial charge in [-0.1, -0.05) is 19.8 Å². The maximum atomic E-state index is 12.4. The zero-order chi connectivity index (χ0) is 14.0. The van der Waals surface area contributed by atoms with Crippen molar-refractivity contribution in [2.45, 2.75) is 64.3 Å². The summed E-state index contributed by atoms with van der Waals surface area (Å²) in [6.07, 6.45) is 6.62. The lowest BCUT2D eigenvalue weighted by molar-refractivity contribution is -0.155. The van der Waals surface area contributed by atoms with Crippen LogP contribution in [-0.4, -0.2) is 34.0 Å². The number of rotatable bonds is 3. The number of aliphatic carboxylic acids is 1. The third-order valence-corrected chi connectivity index (χ3v) is 4.91. The summed E-state index contributed by atoms with van der Waals surface area (Å²) in [4.78, 5) is 25.4. The molecule has 3 atom stereocenters. The largest absolute Gasteiger partial charge is 0.480 e. The average Bonchev–Trinajstić information content (AvgIpc) is 2.73. The molecule has 1 saturated heterocycles. The fraction of sp³-hybridized carbons (Fsp3) is 0.867. The van der Waals surface area contributed by atoms with Crippen molar-refractivity contribution in [2.75, 3.05) is 6.54 Å². The molecule has 2 rings (SSSR count). The van der Waals surface area contributed by atoms with Crippen LogP contribution in [-0.2, 0) is 9.59 Å². The van der Waals surface area contributed by atoms with Gasteiger partial charge in [0.05, 0.1) is 0 Å². The van der Waals surface area contributed by atoms with Crippen molar-refractivity contribution < 1.29 is 14.7 Å². The van der Waals surface area contributed by atoms with Crippen LogP contribution >= 0.6 is 0 Å². The van der Waals surface area contributed by atoms with Crippen LogP contribution < -0.4 is 0 Å². The standard InChI is InChI=1S/C15H25NO3/c1-11-5-3-6-12(9-11)10-13(17)16-8-4-7-15(16,2)14(18)19/h11-12H,3-10H2,1-2H3,(H,18,19). The molecule has 108 valence electrons. The van der Waals surface area contributed by atoms with E-state index in [0.717, 1.165) is 19.3 Å². The van der Waals surface area contributed by atoms with Gasteiger partial charge < -0.3 is 10.0 Å². The summed E-state index contributed by atoms with van der Waals surface area (Å²) in [6, 6.07) is 0. The Labute approximate surface area is 115 Å². The van der Waals surface area contributed by atoms with E-state index < -0.39 is 11.5 Å². The van der Waals surface area contributed by atoms with Gasteiger partial charge in [-0.25, -0.2) is 4.79 Å². The highest BCUT2D eigenvalue weighted by Crippen LogP contribution is 2.34. The summed E-state index contributed by atoms with van der Waals surface area (Å²) >= 11 is 0. The van der Waals surface area contributed by atoms with E-state index in [2.05, 4.69) is 6.92 Å². The van der Waals surface area contributed by atoms with E-state index in [-0.39, 0.29) is 5.91 Å². The normalized spacial score (nSPS) is 35.4. The summed E-state index contributed by atoms with van der Waals surface area (Å²) in [5.74, 6) is 0.336. The molecule has 2 aliphatic rings. The van der Waals surface area contributed by atoms with Gasteiger partial charge in [0.1, 0.15) is 5.54 Å². The Bertz CT molecular complexity index is 368. The summed E-state index contributed by atoms with van der Waals surface area (Å²) in [6.45, 7) is 4.53. The number of carboxylic acid groups (broad SMARTS) is 1.